The van der Waals surface area contributed by atoms with Crippen molar-refractivity contribution in [1.29, 1.82) is 0 Å². The molecule has 1 atom stereocenters. The van der Waals surface area contributed by atoms with Crippen LogP contribution in [0.25, 0.3) is 0 Å². The van der Waals surface area contributed by atoms with Gasteiger partial charge in [0, 0.05) is 23.7 Å². The van der Waals surface area contributed by atoms with Gasteiger partial charge in [0.2, 0.25) is 0 Å². The van der Waals surface area contributed by atoms with Gasteiger partial charge in [0.15, 0.2) is 0 Å². The van der Waals surface area contributed by atoms with E-state index in [1.807, 2.05) is 6.07 Å². The number of hydrogen-bond acceptors (Lipinski definition) is 3. The van der Waals surface area contributed by atoms with Crippen molar-refractivity contribution in [3.8, 4) is 0 Å². The van der Waals surface area contributed by atoms with E-state index in [4.69, 9.17) is 17.3 Å². The third-order valence-corrected chi connectivity index (χ3v) is 4.62. The molecule has 2 N–H and O–H groups in total. The minimum Gasteiger partial charge on any atom is -0.362 e. The third kappa shape index (κ3) is 3.11. The van der Waals surface area contributed by atoms with Gasteiger partial charge in [0.05, 0.1) is 10.4 Å². The molecule has 1 unspecified atom stereocenters. The topological polar surface area (TPSA) is 29.3 Å². The zero-order chi connectivity index (χ0) is 13.8. The summed E-state index contributed by atoms with van der Waals surface area (Å²) < 4.78 is 0.814. The zero-order valence-electron chi connectivity index (χ0n) is 11.3. The first-order chi connectivity index (χ1) is 9.17. The van der Waals surface area contributed by atoms with Crippen molar-refractivity contribution in [1.82, 2.24) is 0 Å². The van der Waals surface area contributed by atoms with Gasteiger partial charge in [-0.2, -0.15) is 0 Å². The lowest BCUT2D eigenvalue weighted by atomic mass is 10.1. The summed E-state index contributed by atoms with van der Waals surface area (Å²) in [6, 6.07) is 12.6. The minimum atomic E-state index is 0.184. The van der Waals surface area contributed by atoms with Crippen molar-refractivity contribution in [2.45, 2.75) is 19.9 Å². The number of anilines is 1. The Bertz CT molecular complexity index is 538. The van der Waals surface area contributed by atoms with Crippen molar-refractivity contribution >= 4 is 28.6 Å². The van der Waals surface area contributed by atoms with Crippen LogP contribution in [0.2, 0.25) is 4.34 Å². The molecule has 19 heavy (non-hydrogen) atoms. The Hall–Kier alpha value is -1.03. The Balaban J connectivity index is 2.37. The van der Waals surface area contributed by atoms with Crippen LogP contribution < -0.4 is 10.6 Å². The molecule has 0 bridgehead atoms. The van der Waals surface area contributed by atoms with Gasteiger partial charge in [-0.3, -0.25) is 0 Å². The first-order valence-electron chi connectivity index (χ1n) is 6.45. The Morgan fingerprint density at radius 3 is 2.53 bits per heavy atom. The lowest BCUT2D eigenvalue weighted by Crippen LogP contribution is -2.33. The number of aryl methyl sites for hydroxylation is 1. The van der Waals surface area contributed by atoms with Crippen LogP contribution in [-0.2, 0) is 0 Å². The van der Waals surface area contributed by atoms with Crippen molar-refractivity contribution in [3.63, 3.8) is 0 Å². The maximum absolute atomic E-state index is 6.05. The number of nitrogens with zero attached hydrogens (tertiary/aromatic N) is 1. The van der Waals surface area contributed by atoms with Crippen LogP contribution in [0, 0.1) is 6.92 Å². The minimum absolute atomic E-state index is 0.184. The highest BCUT2D eigenvalue weighted by Crippen LogP contribution is 2.33. The normalized spacial score (nSPS) is 12.4. The number of thiophene rings is 1. The lowest BCUT2D eigenvalue weighted by molar-refractivity contribution is 0.652. The summed E-state index contributed by atoms with van der Waals surface area (Å²) >= 11 is 7.65. The van der Waals surface area contributed by atoms with Gasteiger partial charge < -0.3 is 10.6 Å². The van der Waals surface area contributed by atoms with E-state index < -0.39 is 0 Å². The lowest BCUT2D eigenvalue weighted by Gasteiger charge is -2.32. The second-order valence-electron chi connectivity index (χ2n) is 4.47. The molecule has 0 aliphatic heterocycles. The Kier molecular flexibility index (Phi) is 4.86. The van der Waals surface area contributed by atoms with Gasteiger partial charge in [-0.25, -0.2) is 0 Å². The summed E-state index contributed by atoms with van der Waals surface area (Å²) in [4.78, 5) is 3.56. The highest BCUT2D eigenvalue weighted by Gasteiger charge is 2.20. The molecule has 4 heteroatoms. The van der Waals surface area contributed by atoms with Crippen molar-refractivity contribution < 1.29 is 0 Å². The first-order valence-corrected chi connectivity index (χ1v) is 7.64. The van der Waals surface area contributed by atoms with E-state index in [9.17, 15) is 0 Å². The van der Waals surface area contributed by atoms with Crippen molar-refractivity contribution in [3.05, 3.63) is 51.2 Å². The van der Waals surface area contributed by atoms with Crippen LogP contribution in [0.5, 0.6) is 0 Å². The highest BCUT2D eigenvalue weighted by molar-refractivity contribution is 7.16. The molecule has 0 radical (unpaired) electrons. The molecule has 0 saturated carbocycles. The average molecular weight is 295 g/mol. The molecule has 0 aliphatic rings. The molecule has 2 rings (SSSR count). The second kappa shape index (κ2) is 6.42. The number of halogens is 1. The molecule has 102 valence electrons. The molecular weight excluding hydrogens is 276 g/mol. The Morgan fingerprint density at radius 2 is 2.00 bits per heavy atom. The van der Waals surface area contributed by atoms with Gasteiger partial charge in [0.25, 0.3) is 0 Å². The van der Waals surface area contributed by atoms with Crippen LogP contribution in [0.3, 0.4) is 0 Å². The monoisotopic (exact) mass is 294 g/mol. The number of benzene rings is 1. The zero-order valence-corrected chi connectivity index (χ0v) is 12.8. The summed E-state index contributed by atoms with van der Waals surface area (Å²) in [6.45, 7) is 5.79. The number of rotatable bonds is 5. The van der Waals surface area contributed by atoms with E-state index >= 15 is 0 Å². The Morgan fingerprint density at radius 1 is 1.26 bits per heavy atom. The van der Waals surface area contributed by atoms with Gasteiger partial charge in [-0.15, -0.1) is 11.3 Å². The van der Waals surface area contributed by atoms with E-state index in [2.05, 4.69) is 49.1 Å². The third-order valence-electron chi connectivity index (χ3n) is 3.29. The summed E-state index contributed by atoms with van der Waals surface area (Å²) in [5, 5.41) is 0. The number of likely N-dealkylation sites (N-methyl/N-ethyl adjacent to an activating group) is 1. The SMILES string of the molecule is CCN(c1ccccc1C)C(CN)c1ccc(Cl)s1. The fourth-order valence-electron chi connectivity index (χ4n) is 2.35. The quantitative estimate of drug-likeness (QED) is 0.894. The fraction of sp³-hybridized carbons (Fsp3) is 0.333. The highest BCUT2D eigenvalue weighted by atomic mass is 35.5. The molecule has 2 aromatic rings. The largest absolute Gasteiger partial charge is 0.362 e. The predicted molar refractivity (Wildman–Crippen MR) is 85.3 cm³/mol. The summed E-state index contributed by atoms with van der Waals surface area (Å²) in [5.41, 5.74) is 8.51. The van der Waals surface area contributed by atoms with Crippen LogP contribution >= 0.6 is 22.9 Å². The number of nitrogens with two attached hydrogens (primary N) is 1. The van der Waals surface area contributed by atoms with E-state index in [1.54, 1.807) is 11.3 Å². The van der Waals surface area contributed by atoms with E-state index in [-0.39, 0.29) is 6.04 Å². The maximum atomic E-state index is 6.05. The van der Waals surface area contributed by atoms with Gasteiger partial charge >= 0.3 is 0 Å². The molecule has 0 amide bonds. The van der Waals surface area contributed by atoms with Crippen LogP contribution in [0.15, 0.2) is 36.4 Å². The molecule has 0 spiro atoms. The number of para-hydroxylation sites is 1. The standard InChI is InChI=1S/C15H19ClN2S/c1-3-18(12-7-5-4-6-11(12)2)13(10-17)14-8-9-15(16)19-14/h4-9,13H,3,10,17H2,1-2H3. The van der Waals surface area contributed by atoms with Crippen LogP contribution in [0.4, 0.5) is 5.69 Å². The first kappa shape index (κ1) is 14.4. The second-order valence-corrected chi connectivity index (χ2v) is 6.21. The molecule has 0 saturated heterocycles. The van der Waals surface area contributed by atoms with Gasteiger partial charge in [0.1, 0.15) is 0 Å². The number of hydrogen-bond donors (Lipinski definition) is 1. The molecule has 2 nitrogen and oxygen atoms in total. The van der Waals surface area contributed by atoms with E-state index in [0.717, 1.165) is 10.9 Å². The van der Waals surface area contributed by atoms with Crippen LogP contribution in [-0.4, -0.2) is 13.1 Å². The maximum Gasteiger partial charge on any atom is 0.0932 e. The molecule has 1 aromatic carbocycles. The molecule has 0 fully saturated rings. The molecule has 1 aromatic heterocycles. The van der Waals surface area contributed by atoms with Crippen molar-refractivity contribution in [2.75, 3.05) is 18.0 Å². The van der Waals surface area contributed by atoms with Gasteiger partial charge in [-0.05, 0) is 37.6 Å². The van der Waals surface area contributed by atoms with Crippen LogP contribution in [0.1, 0.15) is 23.4 Å². The summed E-state index contributed by atoms with van der Waals surface area (Å²) in [7, 11) is 0. The molecular formula is C15H19ClN2S. The smallest absolute Gasteiger partial charge is 0.0932 e. The summed E-state index contributed by atoms with van der Waals surface area (Å²) in [6.07, 6.45) is 0. The predicted octanol–water partition coefficient (Wildman–Crippen LogP) is 4.24. The van der Waals surface area contributed by atoms with Gasteiger partial charge in [-0.1, -0.05) is 29.8 Å². The molecule has 0 aliphatic carbocycles. The Labute approximate surface area is 123 Å². The van der Waals surface area contributed by atoms with E-state index in [1.165, 1.54) is 16.1 Å². The van der Waals surface area contributed by atoms with E-state index in [0.29, 0.717) is 6.54 Å². The van der Waals surface area contributed by atoms with Crippen molar-refractivity contribution in [2.24, 2.45) is 5.73 Å². The summed E-state index contributed by atoms with van der Waals surface area (Å²) in [5.74, 6) is 0. The average Bonchev–Trinajstić information content (AvgIpc) is 2.83. The fourth-order valence-corrected chi connectivity index (χ4v) is 3.54. The molecule has 1 heterocycles.